The fraction of sp³-hybridized carbons (Fsp3) is 1.00. The Kier molecular flexibility index (Phi) is 9.63. The Morgan fingerprint density at radius 1 is 0.429 bits per heavy atom. The van der Waals surface area contributed by atoms with Crippen LogP contribution in [0.4, 0.5) is 0 Å². The average molecular weight is 289 g/mol. The molecular formula is C20H38B. The molecule has 0 unspecified atom stereocenters. The third-order valence-electron chi connectivity index (χ3n) is 5.94. The van der Waals surface area contributed by atoms with E-state index < -0.39 is 0 Å². The Balaban J connectivity index is 1.71. The van der Waals surface area contributed by atoms with Crippen molar-refractivity contribution in [3.8, 4) is 0 Å². The second-order valence-corrected chi connectivity index (χ2v) is 7.84. The summed E-state index contributed by atoms with van der Waals surface area (Å²) in [5, 5.41) is 0. The van der Waals surface area contributed by atoms with Crippen LogP contribution in [0.1, 0.15) is 109 Å². The third-order valence-corrected chi connectivity index (χ3v) is 5.94. The molecule has 0 amide bonds. The lowest BCUT2D eigenvalue weighted by molar-refractivity contribution is 0.345. The van der Waals surface area contributed by atoms with Gasteiger partial charge < -0.3 is 0 Å². The molecule has 3 rings (SSSR count). The summed E-state index contributed by atoms with van der Waals surface area (Å²) in [6.45, 7) is 0. The van der Waals surface area contributed by atoms with E-state index in [4.69, 9.17) is 0 Å². The zero-order chi connectivity index (χ0) is 14.6. The quantitative estimate of drug-likeness (QED) is 0.414. The van der Waals surface area contributed by atoms with Gasteiger partial charge in [0.15, 0.2) is 0 Å². The van der Waals surface area contributed by atoms with Gasteiger partial charge in [-0.25, -0.2) is 0 Å². The molecule has 2 heterocycles. The second kappa shape index (κ2) is 11.6. The predicted molar refractivity (Wildman–Crippen MR) is 96.3 cm³/mol. The molecule has 0 aromatic rings. The summed E-state index contributed by atoms with van der Waals surface area (Å²) < 4.78 is 0. The molecule has 1 aliphatic carbocycles. The van der Waals surface area contributed by atoms with Crippen LogP contribution >= 0.6 is 0 Å². The molecule has 0 N–H and O–H groups in total. The molecule has 1 radical (unpaired) electrons. The van der Waals surface area contributed by atoms with Gasteiger partial charge in [-0.15, -0.1) is 0 Å². The van der Waals surface area contributed by atoms with E-state index in [-0.39, 0.29) is 0 Å². The molecule has 3 aliphatic rings. The SMILES string of the molecule is [B]1CCCCCCCCCCCCC2CCCC1CCC2. The molecule has 0 aromatic carbocycles. The Morgan fingerprint density at radius 3 is 1.52 bits per heavy atom. The molecule has 21 heavy (non-hydrogen) atoms. The molecule has 3 fully saturated rings. The van der Waals surface area contributed by atoms with Crippen LogP contribution in [-0.4, -0.2) is 7.28 Å². The molecule has 0 spiro atoms. The van der Waals surface area contributed by atoms with Crippen molar-refractivity contribution in [2.45, 2.75) is 121 Å². The van der Waals surface area contributed by atoms with Crippen LogP contribution in [-0.2, 0) is 0 Å². The summed E-state index contributed by atoms with van der Waals surface area (Å²) in [5.74, 6) is 2.04. The lowest BCUT2D eigenvalue weighted by atomic mass is 9.57. The molecular weight excluding hydrogens is 251 g/mol. The van der Waals surface area contributed by atoms with Crippen LogP contribution < -0.4 is 0 Å². The van der Waals surface area contributed by atoms with Crippen LogP contribution in [0.5, 0.6) is 0 Å². The highest BCUT2D eigenvalue weighted by molar-refractivity contribution is 6.37. The first-order chi connectivity index (χ1) is 10.4. The smallest absolute Gasteiger partial charge is 0.0800 e. The van der Waals surface area contributed by atoms with Crippen molar-refractivity contribution >= 4 is 7.28 Å². The number of hydrogen-bond acceptors (Lipinski definition) is 0. The van der Waals surface area contributed by atoms with Crippen molar-refractivity contribution in [1.82, 2.24) is 0 Å². The minimum atomic E-state index is 0.963. The van der Waals surface area contributed by atoms with Crippen LogP contribution in [0.2, 0.25) is 12.1 Å². The zero-order valence-electron chi connectivity index (χ0n) is 14.5. The van der Waals surface area contributed by atoms with Gasteiger partial charge in [0.1, 0.15) is 7.28 Å². The van der Waals surface area contributed by atoms with Gasteiger partial charge in [0.25, 0.3) is 0 Å². The maximum Gasteiger partial charge on any atom is 0.113 e. The van der Waals surface area contributed by atoms with Crippen molar-refractivity contribution in [2.75, 3.05) is 0 Å². The Labute approximate surface area is 135 Å². The molecule has 1 heteroatoms. The fourth-order valence-electron chi connectivity index (χ4n) is 4.50. The highest BCUT2D eigenvalue weighted by atomic mass is 14.2. The number of hydrogen-bond donors (Lipinski definition) is 0. The highest BCUT2D eigenvalue weighted by Crippen LogP contribution is 2.32. The Morgan fingerprint density at radius 2 is 0.905 bits per heavy atom. The summed E-state index contributed by atoms with van der Waals surface area (Å²) in [5.41, 5.74) is 0. The van der Waals surface area contributed by atoms with Gasteiger partial charge in [0, 0.05) is 0 Å². The van der Waals surface area contributed by atoms with E-state index in [9.17, 15) is 0 Å². The van der Waals surface area contributed by atoms with Gasteiger partial charge in [-0.05, 0) is 5.92 Å². The van der Waals surface area contributed by atoms with Crippen molar-refractivity contribution in [3.63, 3.8) is 0 Å². The summed E-state index contributed by atoms with van der Waals surface area (Å²) in [7, 11) is 2.70. The largest absolute Gasteiger partial charge is 0.113 e. The highest BCUT2D eigenvalue weighted by Gasteiger charge is 2.17. The van der Waals surface area contributed by atoms with Gasteiger partial charge in [-0.1, -0.05) is 121 Å². The fourth-order valence-corrected chi connectivity index (χ4v) is 4.50. The van der Waals surface area contributed by atoms with Gasteiger partial charge in [0.2, 0.25) is 0 Å². The Hall–Kier alpha value is 0.0649. The molecule has 1 saturated carbocycles. The van der Waals surface area contributed by atoms with E-state index in [0.717, 1.165) is 11.7 Å². The normalized spacial score (nSPS) is 31.6. The van der Waals surface area contributed by atoms with E-state index >= 15 is 0 Å². The maximum atomic E-state index is 2.70. The molecule has 2 saturated heterocycles. The first-order valence-corrected chi connectivity index (χ1v) is 10.3. The van der Waals surface area contributed by atoms with Crippen molar-refractivity contribution < 1.29 is 0 Å². The second-order valence-electron chi connectivity index (χ2n) is 7.84. The summed E-state index contributed by atoms with van der Waals surface area (Å²) >= 11 is 0. The van der Waals surface area contributed by atoms with Crippen molar-refractivity contribution in [1.29, 1.82) is 0 Å². The predicted octanol–water partition coefficient (Wildman–Crippen LogP) is 7.17. The molecule has 0 atom stereocenters. The van der Waals surface area contributed by atoms with E-state index in [1.807, 2.05) is 0 Å². The van der Waals surface area contributed by atoms with E-state index in [0.29, 0.717) is 0 Å². The monoisotopic (exact) mass is 289 g/mol. The van der Waals surface area contributed by atoms with Crippen LogP contribution in [0, 0.1) is 5.92 Å². The lowest BCUT2D eigenvalue weighted by Gasteiger charge is -2.24. The molecule has 0 nitrogen and oxygen atoms in total. The zero-order valence-corrected chi connectivity index (χ0v) is 14.5. The number of rotatable bonds is 0. The number of fused-ring (bicyclic) bond motifs is 16. The molecule has 121 valence electrons. The lowest BCUT2D eigenvalue weighted by Crippen LogP contribution is -2.11. The average Bonchev–Trinajstić information content (AvgIpc) is 2.46. The summed E-state index contributed by atoms with van der Waals surface area (Å²) in [6, 6.07) is 0. The minimum absolute atomic E-state index is 0.963. The van der Waals surface area contributed by atoms with Gasteiger partial charge >= 0.3 is 0 Å². The van der Waals surface area contributed by atoms with Gasteiger partial charge in [-0.2, -0.15) is 0 Å². The summed E-state index contributed by atoms with van der Waals surface area (Å²) in [6.07, 6.45) is 26.9. The first kappa shape index (κ1) is 17.4. The third kappa shape index (κ3) is 8.31. The van der Waals surface area contributed by atoms with Crippen LogP contribution in [0.25, 0.3) is 0 Å². The van der Waals surface area contributed by atoms with Crippen molar-refractivity contribution in [2.24, 2.45) is 5.92 Å². The summed E-state index contributed by atoms with van der Waals surface area (Å²) in [4.78, 5) is 0. The van der Waals surface area contributed by atoms with Gasteiger partial charge in [0.05, 0.1) is 0 Å². The minimum Gasteiger partial charge on any atom is -0.0800 e. The van der Waals surface area contributed by atoms with Crippen LogP contribution in [0.3, 0.4) is 0 Å². The standard InChI is InChI=1S/C20H38B/c1-2-4-6-8-10-18-21-20-16-11-14-19(15-12-17-20)13-9-7-5-3-1/h19-20H,1-18H2. The van der Waals surface area contributed by atoms with E-state index in [1.165, 1.54) is 115 Å². The molecule has 2 aliphatic heterocycles. The molecule has 0 aromatic heterocycles. The van der Waals surface area contributed by atoms with Crippen molar-refractivity contribution in [3.05, 3.63) is 0 Å². The van der Waals surface area contributed by atoms with Crippen LogP contribution in [0.15, 0.2) is 0 Å². The molecule has 2 bridgehead atoms. The Bertz CT molecular complexity index is 200. The van der Waals surface area contributed by atoms with Gasteiger partial charge in [-0.3, -0.25) is 0 Å². The first-order valence-electron chi connectivity index (χ1n) is 10.3. The van der Waals surface area contributed by atoms with E-state index in [2.05, 4.69) is 7.28 Å². The maximum absolute atomic E-state index is 2.70. The van der Waals surface area contributed by atoms with E-state index in [1.54, 1.807) is 0 Å². The topological polar surface area (TPSA) is 0 Å².